The van der Waals surface area contributed by atoms with Gasteiger partial charge in [0.25, 0.3) is 0 Å². The van der Waals surface area contributed by atoms with Gasteiger partial charge in [0.1, 0.15) is 6.61 Å². The molecule has 0 radical (unpaired) electrons. The van der Waals surface area contributed by atoms with Crippen LogP contribution in [0.5, 0.6) is 0 Å². The van der Waals surface area contributed by atoms with Gasteiger partial charge in [-0.2, -0.15) is 13.2 Å². The topological polar surface area (TPSA) is 43.4 Å². The van der Waals surface area contributed by atoms with Gasteiger partial charge in [-0.25, -0.2) is 8.42 Å². The second-order valence-corrected chi connectivity index (χ2v) is 6.39. The van der Waals surface area contributed by atoms with Crippen molar-refractivity contribution in [2.45, 2.75) is 17.1 Å². The van der Waals surface area contributed by atoms with E-state index in [4.69, 9.17) is 0 Å². The zero-order valence-electron chi connectivity index (χ0n) is 6.92. The molecule has 2 atom stereocenters. The summed E-state index contributed by atoms with van der Waals surface area (Å²) in [6.45, 7) is -1.41. The first-order valence-electron chi connectivity index (χ1n) is 3.72. The summed E-state index contributed by atoms with van der Waals surface area (Å²) in [4.78, 5) is -0.546. The van der Waals surface area contributed by atoms with E-state index >= 15 is 0 Å². The largest absolute Gasteiger partial charge is 0.411 e. The molecular formula is C6H8BrF3O3S. The summed E-state index contributed by atoms with van der Waals surface area (Å²) in [6, 6.07) is 0. The summed E-state index contributed by atoms with van der Waals surface area (Å²) < 4.78 is 61.7. The van der Waals surface area contributed by atoms with Crippen LogP contribution in [0.3, 0.4) is 0 Å². The second-order valence-electron chi connectivity index (χ2n) is 3.06. The Morgan fingerprint density at radius 3 is 2.29 bits per heavy atom. The molecule has 84 valence electrons. The van der Waals surface area contributed by atoms with Crippen LogP contribution in [0.2, 0.25) is 0 Å². The highest BCUT2D eigenvalue weighted by Crippen LogP contribution is 2.24. The molecule has 2 unspecified atom stereocenters. The number of hydrogen-bond acceptors (Lipinski definition) is 3. The molecule has 0 bridgehead atoms. The van der Waals surface area contributed by atoms with Crippen molar-refractivity contribution in [2.24, 2.45) is 0 Å². The molecule has 8 heteroatoms. The number of ether oxygens (including phenoxy) is 1. The van der Waals surface area contributed by atoms with Crippen LogP contribution in [0.4, 0.5) is 13.2 Å². The maximum atomic E-state index is 11.7. The zero-order chi connectivity index (χ0) is 11.0. The lowest BCUT2D eigenvalue weighted by Gasteiger charge is -2.14. The molecule has 0 amide bonds. The number of halogens is 4. The van der Waals surface area contributed by atoms with E-state index < -0.39 is 33.6 Å². The molecule has 3 nitrogen and oxygen atoms in total. The van der Waals surface area contributed by atoms with Gasteiger partial charge in [0.05, 0.1) is 22.4 Å². The Hall–Kier alpha value is 0.180. The summed E-state index contributed by atoms with van der Waals surface area (Å²) in [5.74, 6) is -0.519. The summed E-state index contributed by atoms with van der Waals surface area (Å²) in [7, 11) is -3.25. The summed E-state index contributed by atoms with van der Waals surface area (Å²) >= 11 is 2.98. The van der Waals surface area contributed by atoms with E-state index in [1.54, 1.807) is 0 Å². The summed E-state index contributed by atoms with van der Waals surface area (Å²) in [5, 5.41) is 0. The maximum Gasteiger partial charge on any atom is 0.411 e. The van der Waals surface area contributed by atoms with Crippen molar-refractivity contribution in [1.82, 2.24) is 0 Å². The van der Waals surface area contributed by atoms with E-state index in [2.05, 4.69) is 20.7 Å². The van der Waals surface area contributed by atoms with Gasteiger partial charge >= 0.3 is 6.18 Å². The van der Waals surface area contributed by atoms with Gasteiger partial charge in [-0.3, -0.25) is 0 Å². The number of alkyl halides is 4. The van der Waals surface area contributed by atoms with E-state index in [0.29, 0.717) is 0 Å². The first-order chi connectivity index (χ1) is 6.20. The zero-order valence-corrected chi connectivity index (χ0v) is 9.32. The highest BCUT2D eigenvalue weighted by atomic mass is 79.9. The molecular weight excluding hydrogens is 289 g/mol. The molecule has 0 aromatic rings. The van der Waals surface area contributed by atoms with Crippen molar-refractivity contribution in [3.63, 3.8) is 0 Å². The first kappa shape index (κ1) is 12.3. The standard InChI is InChI=1S/C6H8BrF3O3S/c7-4-1-14(11,12)2-5(4)13-3-6(8,9)10/h4-5H,1-3H2. The van der Waals surface area contributed by atoms with Gasteiger partial charge in [0.2, 0.25) is 0 Å². The molecule has 1 saturated heterocycles. The van der Waals surface area contributed by atoms with Crippen LogP contribution < -0.4 is 0 Å². The van der Waals surface area contributed by atoms with Crippen LogP contribution in [0.25, 0.3) is 0 Å². The van der Waals surface area contributed by atoms with Gasteiger partial charge in [0.15, 0.2) is 9.84 Å². The first-order valence-corrected chi connectivity index (χ1v) is 6.46. The van der Waals surface area contributed by atoms with Gasteiger partial charge in [-0.05, 0) is 0 Å². The molecule has 0 aromatic heterocycles. The fraction of sp³-hybridized carbons (Fsp3) is 1.00. The lowest BCUT2D eigenvalue weighted by molar-refractivity contribution is -0.182. The summed E-state index contributed by atoms with van der Waals surface area (Å²) in [5.41, 5.74) is 0. The van der Waals surface area contributed by atoms with Crippen LogP contribution in [-0.2, 0) is 14.6 Å². The minimum Gasteiger partial charge on any atom is -0.367 e. The molecule has 1 aliphatic heterocycles. The molecule has 1 fully saturated rings. The third kappa shape index (κ3) is 3.74. The van der Waals surface area contributed by atoms with Crippen molar-refractivity contribution >= 4 is 25.8 Å². The van der Waals surface area contributed by atoms with Crippen molar-refractivity contribution in [3.8, 4) is 0 Å². The average molecular weight is 297 g/mol. The van der Waals surface area contributed by atoms with E-state index in [1.807, 2.05) is 0 Å². The Labute approximate surface area is 87.7 Å². The number of rotatable bonds is 2. The van der Waals surface area contributed by atoms with Crippen LogP contribution in [0, 0.1) is 0 Å². The van der Waals surface area contributed by atoms with Crippen molar-refractivity contribution in [2.75, 3.05) is 18.1 Å². The van der Waals surface area contributed by atoms with Crippen molar-refractivity contribution < 1.29 is 26.3 Å². The molecule has 14 heavy (non-hydrogen) atoms. The van der Waals surface area contributed by atoms with Crippen LogP contribution >= 0.6 is 15.9 Å². The molecule has 0 spiro atoms. The predicted octanol–water partition coefficient (Wildman–Crippen LogP) is 1.13. The van der Waals surface area contributed by atoms with E-state index in [-0.39, 0.29) is 11.5 Å². The number of hydrogen-bond donors (Lipinski definition) is 0. The van der Waals surface area contributed by atoms with Crippen LogP contribution in [0.15, 0.2) is 0 Å². The Kier molecular flexibility index (Phi) is 3.48. The Morgan fingerprint density at radius 2 is 1.93 bits per heavy atom. The molecule has 0 aromatic carbocycles. The molecule has 1 heterocycles. The summed E-state index contributed by atoms with van der Waals surface area (Å²) in [6.07, 6.45) is -5.32. The second kappa shape index (κ2) is 3.97. The molecule has 1 rings (SSSR count). The third-order valence-electron chi connectivity index (χ3n) is 1.70. The molecule has 0 saturated carbocycles. The third-order valence-corrected chi connectivity index (χ3v) is 4.74. The monoisotopic (exact) mass is 296 g/mol. The lowest BCUT2D eigenvalue weighted by atomic mass is 10.3. The average Bonchev–Trinajstić information content (AvgIpc) is 2.19. The molecule has 0 N–H and O–H groups in total. The van der Waals surface area contributed by atoms with Crippen molar-refractivity contribution in [3.05, 3.63) is 0 Å². The SMILES string of the molecule is O=S1(=O)CC(Br)C(OCC(F)(F)F)C1. The molecule has 0 aliphatic carbocycles. The van der Waals surface area contributed by atoms with Gasteiger partial charge in [-0.1, -0.05) is 15.9 Å². The Bertz CT molecular complexity index is 300. The minimum absolute atomic E-state index is 0.171. The highest BCUT2D eigenvalue weighted by molar-refractivity contribution is 9.09. The quantitative estimate of drug-likeness (QED) is 0.718. The Morgan fingerprint density at radius 1 is 1.36 bits per heavy atom. The Balaban J connectivity index is 2.48. The van der Waals surface area contributed by atoms with E-state index in [9.17, 15) is 21.6 Å². The molecule has 1 aliphatic rings. The van der Waals surface area contributed by atoms with Crippen molar-refractivity contribution in [1.29, 1.82) is 0 Å². The fourth-order valence-corrected chi connectivity index (χ4v) is 4.59. The normalized spacial score (nSPS) is 32.0. The van der Waals surface area contributed by atoms with Gasteiger partial charge in [0, 0.05) is 0 Å². The van der Waals surface area contributed by atoms with Crippen LogP contribution in [-0.4, -0.2) is 43.6 Å². The van der Waals surface area contributed by atoms with E-state index in [1.165, 1.54) is 0 Å². The lowest BCUT2D eigenvalue weighted by Crippen LogP contribution is -2.28. The number of sulfone groups is 1. The fourth-order valence-electron chi connectivity index (χ4n) is 1.13. The minimum atomic E-state index is -4.42. The van der Waals surface area contributed by atoms with Gasteiger partial charge in [-0.15, -0.1) is 0 Å². The predicted molar refractivity (Wildman–Crippen MR) is 47.2 cm³/mol. The smallest absolute Gasteiger partial charge is 0.367 e. The van der Waals surface area contributed by atoms with E-state index in [0.717, 1.165) is 0 Å². The highest BCUT2D eigenvalue weighted by Gasteiger charge is 2.39. The van der Waals surface area contributed by atoms with Gasteiger partial charge < -0.3 is 4.74 Å². The maximum absolute atomic E-state index is 11.7. The van der Waals surface area contributed by atoms with Crippen LogP contribution in [0.1, 0.15) is 0 Å².